The molecule has 1 rings (SSSR count). The van der Waals surface area contributed by atoms with Gasteiger partial charge in [0.2, 0.25) is 5.60 Å². The number of rotatable bonds is 0. The van der Waals surface area contributed by atoms with E-state index in [-0.39, 0.29) is 11.8 Å². The summed E-state index contributed by atoms with van der Waals surface area (Å²) in [7, 11) is 1.63. The fraction of sp³-hybridized carbons (Fsp3) is 0.625. The molecule has 0 spiro atoms. The van der Waals surface area contributed by atoms with E-state index in [2.05, 4.69) is 5.92 Å². The van der Waals surface area contributed by atoms with Gasteiger partial charge in [-0.15, -0.1) is 6.42 Å². The highest BCUT2D eigenvalue weighted by Crippen LogP contribution is 2.26. The van der Waals surface area contributed by atoms with Crippen molar-refractivity contribution in [1.29, 1.82) is 0 Å². The van der Waals surface area contributed by atoms with Gasteiger partial charge in [-0.2, -0.15) is 0 Å². The van der Waals surface area contributed by atoms with Gasteiger partial charge in [0.15, 0.2) is 0 Å². The van der Waals surface area contributed by atoms with Crippen LogP contribution in [0.4, 0.5) is 0 Å². The van der Waals surface area contributed by atoms with Gasteiger partial charge in [0.1, 0.15) is 0 Å². The molecule has 0 unspecified atom stereocenters. The summed E-state index contributed by atoms with van der Waals surface area (Å²) in [5.41, 5.74) is -1.56. The Labute approximate surface area is 66.0 Å². The van der Waals surface area contributed by atoms with Crippen LogP contribution < -0.4 is 0 Å². The van der Waals surface area contributed by atoms with Gasteiger partial charge in [0, 0.05) is 19.5 Å². The first-order chi connectivity index (χ1) is 5.02. The quantitative estimate of drug-likeness (QED) is 0.475. The van der Waals surface area contributed by atoms with Crippen LogP contribution in [-0.2, 0) is 4.79 Å². The number of likely N-dealkylation sites (N-methyl/N-ethyl adjacent to an activating group) is 1. The Kier molecular flexibility index (Phi) is 1.65. The number of amides is 1. The number of carbonyl (C=O) groups is 1. The van der Waals surface area contributed by atoms with Crippen LogP contribution in [0.2, 0.25) is 0 Å². The number of hydrogen-bond donors (Lipinski definition) is 1. The van der Waals surface area contributed by atoms with Crippen molar-refractivity contribution < 1.29 is 9.90 Å². The summed E-state index contributed by atoms with van der Waals surface area (Å²) in [5.74, 6) is 1.59. The molecular weight excluding hydrogens is 142 g/mol. The second-order valence-corrected chi connectivity index (χ2v) is 3.00. The maximum absolute atomic E-state index is 11.2. The summed E-state index contributed by atoms with van der Waals surface area (Å²) >= 11 is 0. The predicted octanol–water partition coefficient (Wildman–Crippen LogP) is -0.541. The monoisotopic (exact) mass is 153 g/mol. The van der Waals surface area contributed by atoms with Crippen molar-refractivity contribution in [2.75, 3.05) is 13.6 Å². The van der Waals surface area contributed by atoms with E-state index in [0.717, 1.165) is 0 Å². The molecule has 60 valence electrons. The highest BCUT2D eigenvalue weighted by atomic mass is 16.3. The summed E-state index contributed by atoms with van der Waals surface area (Å²) in [5, 5.41) is 9.58. The van der Waals surface area contributed by atoms with Crippen molar-refractivity contribution in [3.8, 4) is 12.3 Å². The Balaban J connectivity index is 2.99. The van der Waals surface area contributed by atoms with Crippen molar-refractivity contribution in [3.63, 3.8) is 0 Å². The van der Waals surface area contributed by atoms with Crippen LogP contribution in [0.5, 0.6) is 0 Å². The van der Waals surface area contributed by atoms with E-state index >= 15 is 0 Å². The van der Waals surface area contributed by atoms with Crippen LogP contribution in [0.25, 0.3) is 0 Å². The topological polar surface area (TPSA) is 40.5 Å². The summed E-state index contributed by atoms with van der Waals surface area (Å²) in [6, 6.07) is 0. The lowest BCUT2D eigenvalue weighted by atomic mass is 9.93. The minimum Gasteiger partial charge on any atom is -0.369 e. The molecule has 1 aliphatic rings. The molecule has 2 atom stereocenters. The van der Waals surface area contributed by atoms with E-state index < -0.39 is 5.60 Å². The van der Waals surface area contributed by atoms with Crippen molar-refractivity contribution >= 4 is 5.91 Å². The van der Waals surface area contributed by atoms with Gasteiger partial charge in [-0.05, 0) is 0 Å². The molecule has 11 heavy (non-hydrogen) atoms. The van der Waals surface area contributed by atoms with Gasteiger partial charge >= 0.3 is 0 Å². The fourth-order valence-corrected chi connectivity index (χ4v) is 1.33. The Bertz CT molecular complexity index is 231. The average Bonchev–Trinajstić information content (AvgIpc) is 2.16. The first-order valence-electron chi connectivity index (χ1n) is 3.48. The first-order valence-corrected chi connectivity index (χ1v) is 3.48. The van der Waals surface area contributed by atoms with Gasteiger partial charge in [0.05, 0.1) is 0 Å². The molecule has 0 aromatic carbocycles. The maximum Gasteiger partial charge on any atom is 0.267 e. The lowest BCUT2D eigenvalue weighted by Gasteiger charge is -2.16. The SMILES string of the molecule is C#C[C@@]1(O)C(=O)N(C)C[C@@H]1C. The highest BCUT2D eigenvalue weighted by molar-refractivity contribution is 5.90. The third kappa shape index (κ3) is 0.908. The van der Waals surface area contributed by atoms with Crippen LogP contribution in [0.15, 0.2) is 0 Å². The fourth-order valence-electron chi connectivity index (χ4n) is 1.33. The third-order valence-electron chi connectivity index (χ3n) is 2.15. The van der Waals surface area contributed by atoms with Gasteiger partial charge in [0.25, 0.3) is 5.91 Å². The van der Waals surface area contributed by atoms with Crippen LogP contribution in [0.1, 0.15) is 6.92 Å². The maximum atomic E-state index is 11.2. The van der Waals surface area contributed by atoms with Gasteiger partial charge in [-0.1, -0.05) is 12.8 Å². The molecule has 1 N–H and O–H groups in total. The van der Waals surface area contributed by atoms with E-state index in [1.54, 1.807) is 14.0 Å². The molecule has 1 saturated heterocycles. The molecule has 1 aliphatic heterocycles. The van der Waals surface area contributed by atoms with E-state index in [9.17, 15) is 9.90 Å². The lowest BCUT2D eigenvalue weighted by Crippen LogP contribution is -2.40. The number of aliphatic hydroxyl groups is 1. The zero-order valence-electron chi connectivity index (χ0n) is 6.66. The Morgan fingerprint density at radius 2 is 2.45 bits per heavy atom. The zero-order valence-corrected chi connectivity index (χ0v) is 6.66. The third-order valence-corrected chi connectivity index (χ3v) is 2.15. The number of nitrogens with zero attached hydrogens (tertiary/aromatic N) is 1. The average molecular weight is 153 g/mol. The first kappa shape index (κ1) is 8.09. The molecule has 0 aliphatic carbocycles. The summed E-state index contributed by atoms with van der Waals surface area (Å²) in [6.45, 7) is 2.29. The molecule has 0 saturated carbocycles. The van der Waals surface area contributed by atoms with Crippen molar-refractivity contribution in [1.82, 2.24) is 4.90 Å². The van der Waals surface area contributed by atoms with E-state index in [1.807, 2.05) is 0 Å². The molecule has 0 radical (unpaired) electrons. The van der Waals surface area contributed by atoms with Crippen LogP contribution in [-0.4, -0.2) is 35.1 Å². The molecule has 1 amide bonds. The van der Waals surface area contributed by atoms with Crippen LogP contribution in [0.3, 0.4) is 0 Å². The lowest BCUT2D eigenvalue weighted by molar-refractivity contribution is -0.138. The number of likely N-dealkylation sites (tertiary alicyclic amines) is 1. The summed E-state index contributed by atoms with van der Waals surface area (Å²) in [4.78, 5) is 12.7. The normalized spacial score (nSPS) is 37.5. The molecule has 3 nitrogen and oxygen atoms in total. The predicted molar refractivity (Wildman–Crippen MR) is 40.6 cm³/mol. The molecule has 0 aromatic rings. The highest BCUT2D eigenvalue weighted by Gasteiger charge is 2.48. The second-order valence-electron chi connectivity index (χ2n) is 3.00. The molecule has 0 bridgehead atoms. The van der Waals surface area contributed by atoms with Crippen molar-refractivity contribution in [3.05, 3.63) is 0 Å². The minimum atomic E-state index is -1.56. The molecule has 0 aromatic heterocycles. The number of hydrogen-bond acceptors (Lipinski definition) is 2. The van der Waals surface area contributed by atoms with E-state index in [0.29, 0.717) is 6.54 Å². The molecule has 3 heteroatoms. The summed E-state index contributed by atoms with van der Waals surface area (Å²) < 4.78 is 0. The van der Waals surface area contributed by atoms with Crippen molar-refractivity contribution in [2.45, 2.75) is 12.5 Å². The Morgan fingerprint density at radius 1 is 1.91 bits per heavy atom. The minimum absolute atomic E-state index is 0.176. The van der Waals surface area contributed by atoms with Gasteiger partial charge in [-0.3, -0.25) is 4.79 Å². The largest absolute Gasteiger partial charge is 0.369 e. The summed E-state index contributed by atoms with van der Waals surface area (Å²) in [6.07, 6.45) is 5.06. The smallest absolute Gasteiger partial charge is 0.267 e. The Hall–Kier alpha value is -1.01. The van der Waals surface area contributed by atoms with Gasteiger partial charge < -0.3 is 10.0 Å². The Morgan fingerprint density at radius 3 is 2.64 bits per heavy atom. The number of carbonyl (C=O) groups excluding carboxylic acids is 1. The van der Waals surface area contributed by atoms with Crippen LogP contribution in [0, 0.1) is 18.3 Å². The van der Waals surface area contributed by atoms with Crippen molar-refractivity contribution in [2.24, 2.45) is 5.92 Å². The second kappa shape index (κ2) is 2.24. The molecular formula is C8H11NO2. The molecule has 1 fully saturated rings. The van der Waals surface area contributed by atoms with E-state index in [4.69, 9.17) is 6.42 Å². The van der Waals surface area contributed by atoms with Gasteiger partial charge in [-0.25, -0.2) is 0 Å². The molecule has 1 heterocycles. The van der Waals surface area contributed by atoms with E-state index in [1.165, 1.54) is 4.90 Å². The zero-order chi connectivity index (χ0) is 8.65. The number of terminal acetylenes is 1. The standard InChI is InChI=1S/C8H11NO2/c1-4-8(11)6(2)5-9(3)7(8)10/h1,6,11H,5H2,2-3H3/t6-,8-/m0/s1. The van der Waals surface area contributed by atoms with Crippen LogP contribution >= 0.6 is 0 Å².